The number of carbonyl (C=O) groups excluding carboxylic acids is 1. The van der Waals surface area contributed by atoms with E-state index < -0.39 is 23.2 Å². The third kappa shape index (κ3) is 4.29. The Morgan fingerprint density at radius 1 is 1.22 bits per heavy atom. The molecule has 3 aromatic rings. The Bertz CT molecular complexity index is 1160. The lowest BCUT2D eigenvalue weighted by atomic mass is 9.71. The van der Waals surface area contributed by atoms with Crippen LogP contribution >= 0.6 is 0 Å². The van der Waals surface area contributed by atoms with E-state index in [4.69, 9.17) is 4.74 Å². The van der Waals surface area contributed by atoms with Crippen LogP contribution in [0.4, 0.5) is 18.9 Å². The van der Waals surface area contributed by atoms with Crippen molar-refractivity contribution in [3.63, 3.8) is 0 Å². The summed E-state index contributed by atoms with van der Waals surface area (Å²) in [6, 6.07) is 7.79. The summed E-state index contributed by atoms with van der Waals surface area (Å²) in [5, 5.41) is 18.1. The van der Waals surface area contributed by atoms with E-state index in [1.807, 2.05) is 10.9 Å². The van der Waals surface area contributed by atoms with Crippen molar-refractivity contribution in [1.82, 2.24) is 9.78 Å². The molecular weight excluding hydrogens is 423 g/mol. The van der Waals surface area contributed by atoms with Crippen LogP contribution in [0, 0.1) is 5.92 Å². The van der Waals surface area contributed by atoms with Crippen molar-refractivity contribution in [3.05, 3.63) is 53.7 Å². The molecule has 6 nitrogen and oxygen atoms in total. The summed E-state index contributed by atoms with van der Waals surface area (Å²) in [4.78, 5) is 12.6. The lowest BCUT2D eigenvalue weighted by Crippen LogP contribution is -2.41. The number of benzene rings is 2. The van der Waals surface area contributed by atoms with Gasteiger partial charge in [0.05, 0.1) is 35.5 Å². The topological polar surface area (TPSA) is 76.4 Å². The van der Waals surface area contributed by atoms with Gasteiger partial charge in [-0.2, -0.15) is 18.3 Å². The van der Waals surface area contributed by atoms with E-state index in [9.17, 15) is 23.1 Å². The maximum Gasteiger partial charge on any atom is 0.416 e. The highest BCUT2D eigenvalue weighted by Gasteiger charge is 2.40. The first-order chi connectivity index (χ1) is 15.0. The standard InChI is InChI=1S/C23H24F3N3O3/c1-22(2,31)16-9-17(10-16)29-12-14-8-19(20(32-3)11-18(14)28-29)27-21(30)13-5-4-6-15(7-13)23(24,25)26/h4-8,11-12,16-17,31H,9-10H2,1-3H3,(H,27,30)/t16-,17-. The van der Waals surface area contributed by atoms with Gasteiger partial charge < -0.3 is 15.2 Å². The van der Waals surface area contributed by atoms with Crippen molar-refractivity contribution in [2.24, 2.45) is 5.92 Å². The van der Waals surface area contributed by atoms with Gasteiger partial charge >= 0.3 is 6.18 Å². The van der Waals surface area contributed by atoms with Gasteiger partial charge in [0.25, 0.3) is 5.91 Å². The molecule has 0 unspecified atom stereocenters. The van der Waals surface area contributed by atoms with Crippen LogP contribution in [0.5, 0.6) is 5.75 Å². The molecule has 1 aliphatic carbocycles. The smallest absolute Gasteiger partial charge is 0.416 e. The fourth-order valence-corrected chi connectivity index (χ4v) is 3.94. The van der Waals surface area contributed by atoms with Crippen molar-refractivity contribution in [2.45, 2.75) is 44.5 Å². The Morgan fingerprint density at radius 3 is 2.56 bits per heavy atom. The molecule has 9 heteroatoms. The predicted molar refractivity (Wildman–Crippen MR) is 114 cm³/mol. The summed E-state index contributed by atoms with van der Waals surface area (Å²) in [5.74, 6) is -0.115. The largest absolute Gasteiger partial charge is 0.494 e. The van der Waals surface area contributed by atoms with Gasteiger partial charge in [0.2, 0.25) is 0 Å². The number of halogens is 3. The minimum absolute atomic E-state index is 0.107. The molecule has 2 aromatic carbocycles. The summed E-state index contributed by atoms with van der Waals surface area (Å²) >= 11 is 0. The first kappa shape index (κ1) is 22.1. The number of aromatic nitrogens is 2. The zero-order chi connectivity index (χ0) is 23.3. The molecule has 1 aromatic heterocycles. The normalized spacial score (nSPS) is 19.0. The number of hydrogen-bond donors (Lipinski definition) is 2. The number of alkyl halides is 3. The molecule has 1 saturated carbocycles. The zero-order valence-electron chi connectivity index (χ0n) is 17.9. The fourth-order valence-electron chi connectivity index (χ4n) is 3.94. The molecule has 1 amide bonds. The van der Waals surface area contributed by atoms with Gasteiger partial charge in [0.1, 0.15) is 5.75 Å². The second-order valence-electron chi connectivity index (χ2n) is 8.73. The van der Waals surface area contributed by atoms with E-state index in [0.29, 0.717) is 17.0 Å². The Balaban J connectivity index is 1.57. The number of ether oxygens (including phenoxy) is 1. The van der Waals surface area contributed by atoms with E-state index >= 15 is 0 Å². The van der Waals surface area contributed by atoms with Gasteiger partial charge in [0, 0.05) is 23.2 Å². The Labute approximate surface area is 183 Å². The Hall–Kier alpha value is -3.07. The van der Waals surface area contributed by atoms with Crippen molar-refractivity contribution in [3.8, 4) is 5.75 Å². The lowest BCUT2D eigenvalue weighted by Gasteiger charge is -2.42. The monoisotopic (exact) mass is 447 g/mol. The van der Waals surface area contributed by atoms with Crippen LogP contribution in [0.3, 0.4) is 0 Å². The van der Waals surface area contributed by atoms with Gasteiger partial charge in [-0.15, -0.1) is 0 Å². The molecule has 1 aliphatic rings. The number of nitrogens with one attached hydrogen (secondary N) is 1. The highest BCUT2D eigenvalue weighted by molar-refractivity contribution is 6.06. The van der Waals surface area contributed by atoms with E-state index in [0.717, 1.165) is 30.4 Å². The van der Waals surface area contributed by atoms with E-state index in [1.165, 1.54) is 19.2 Å². The van der Waals surface area contributed by atoms with Crippen LogP contribution in [0.25, 0.3) is 10.9 Å². The van der Waals surface area contributed by atoms with Crippen LogP contribution in [0.15, 0.2) is 42.6 Å². The van der Waals surface area contributed by atoms with E-state index in [2.05, 4.69) is 10.4 Å². The number of aliphatic hydroxyl groups is 1. The van der Waals surface area contributed by atoms with E-state index in [-0.39, 0.29) is 17.5 Å². The maximum absolute atomic E-state index is 13.0. The van der Waals surface area contributed by atoms with Crippen LogP contribution < -0.4 is 10.1 Å². The summed E-state index contributed by atoms with van der Waals surface area (Å²) in [7, 11) is 1.44. The van der Waals surface area contributed by atoms with Gasteiger partial charge in [-0.3, -0.25) is 9.48 Å². The highest BCUT2D eigenvalue weighted by Crippen LogP contribution is 2.44. The molecule has 0 atom stereocenters. The van der Waals surface area contributed by atoms with Crippen LogP contribution in [0.2, 0.25) is 0 Å². The molecule has 0 radical (unpaired) electrons. The summed E-state index contributed by atoms with van der Waals surface area (Å²) < 4.78 is 46.1. The zero-order valence-corrected chi connectivity index (χ0v) is 17.9. The lowest BCUT2D eigenvalue weighted by molar-refractivity contribution is -0.137. The minimum Gasteiger partial charge on any atom is -0.494 e. The van der Waals surface area contributed by atoms with Crippen molar-refractivity contribution in [1.29, 1.82) is 0 Å². The highest BCUT2D eigenvalue weighted by atomic mass is 19.4. The summed E-state index contributed by atoms with van der Waals surface area (Å²) in [6.45, 7) is 3.61. The molecule has 1 heterocycles. The molecule has 170 valence electrons. The molecule has 0 saturated heterocycles. The number of methoxy groups -OCH3 is 1. The van der Waals surface area contributed by atoms with Gasteiger partial charge in [-0.1, -0.05) is 6.07 Å². The number of fused-ring (bicyclic) bond motifs is 1. The average Bonchev–Trinajstić information content (AvgIpc) is 3.06. The third-order valence-electron chi connectivity index (χ3n) is 6.03. The molecule has 4 rings (SSSR count). The third-order valence-corrected chi connectivity index (χ3v) is 6.03. The van der Waals surface area contributed by atoms with Gasteiger partial charge in [-0.25, -0.2) is 0 Å². The molecule has 32 heavy (non-hydrogen) atoms. The van der Waals surface area contributed by atoms with Crippen LogP contribution in [-0.2, 0) is 6.18 Å². The van der Waals surface area contributed by atoms with Gasteiger partial charge in [-0.05, 0) is 56.9 Å². The second kappa shape index (κ2) is 7.81. The molecule has 0 spiro atoms. The predicted octanol–water partition coefficient (Wildman–Crippen LogP) is 5.04. The Kier molecular flexibility index (Phi) is 5.40. The second-order valence-corrected chi connectivity index (χ2v) is 8.73. The minimum atomic E-state index is -4.53. The molecule has 1 fully saturated rings. The number of carbonyl (C=O) groups is 1. The SMILES string of the molecule is COc1cc2nn([C@H]3C[C@H](C(C)(C)O)C3)cc2cc1NC(=O)c1cccc(C(F)(F)F)c1. The molecule has 0 bridgehead atoms. The fraction of sp³-hybridized carbons (Fsp3) is 0.391. The first-order valence-electron chi connectivity index (χ1n) is 10.2. The van der Waals surface area contributed by atoms with E-state index in [1.54, 1.807) is 26.0 Å². The molecule has 0 aliphatic heterocycles. The quantitative estimate of drug-likeness (QED) is 0.575. The number of nitrogens with zero attached hydrogens (tertiary/aromatic N) is 2. The number of rotatable bonds is 5. The number of amides is 1. The number of hydrogen-bond acceptors (Lipinski definition) is 4. The average molecular weight is 447 g/mol. The Morgan fingerprint density at radius 2 is 1.94 bits per heavy atom. The first-order valence-corrected chi connectivity index (χ1v) is 10.2. The molecular formula is C23H24F3N3O3. The maximum atomic E-state index is 13.0. The van der Waals surface area contributed by atoms with Crippen molar-refractivity contribution in [2.75, 3.05) is 12.4 Å². The summed E-state index contributed by atoms with van der Waals surface area (Å²) in [5.41, 5.74) is -0.716. The van der Waals surface area contributed by atoms with Crippen molar-refractivity contribution < 1.29 is 27.8 Å². The molecule has 2 N–H and O–H groups in total. The summed E-state index contributed by atoms with van der Waals surface area (Å²) in [6.07, 6.45) is -1.05. The van der Waals surface area contributed by atoms with Crippen LogP contribution in [0.1, 0.15) is 48.7 Å². The number of anilines is 1. The van der Waals surface area contributed by atoms with Crippen LogP contribution in [-0.4, -0.2) is 33.5 Å². The van der Waals surface area contributed by atoms with Gasteiger partial charge in [0.15, 0.2) is 0 Å². The van der Waals surface area contributed by atoms with Crippen molar-refractivity contribution >= 4 is 22.5 Å².